The number of rotatable bonds is 7. The predicted octanol–water partition coefficient (Wildman–Crippen LogP) is 3.15. The minimum Gasteiger partial charge on any atom is -0.497 e. The molecule has 0 aromatic heterocycles. The molecule has 2 aromatic carbocycles. The Kier molecular flexibility index (Phi) is 6.38. The maximum absolute atomic E-state index is 12.3. The fraction of sp³-hybridized carbons (Fsp3) is 0.200. The van der Waals surface area contributed by atoms with Gasteiger partial charge in [-0.2, -0.15) is 0 Å². The van der Waals surface area contributed by atoms with E-state index in [1.807, 2.05) is 0 Å². The molecule has 0 aliphatic heterocycles. The van der Waals surface area contributed by atoms with Crippen molar-refractivity contribution in [2.24, 2.45) is 0 Å². The van der Waals surface area contributed by atoms with Gasteiger partial charge in [0.15, 0.2) is 5.57 Å². The lowest BCUT2D eigenvalue weighted by Gasteiger charge is -2.14. The molecule has 0 radical (unpaired) electrons. The van der Waals surface area contributed by atoms with E-state index in [1.165, 1.54) is 14.2 Å². The van der Waals surface area contributed by atoms with Gasteiger partial charge in [0.2, 0.25) is 0 Å². The number of aliphatic carboxylic acids is 1. The molecule has 136 valence electrons. The molecule has 26 heavy (non-hydrogen) atoms. The Balaban J connectivity index is 2.70. The molecule has 0 fully saturated rings. The first kappa shape index (κ1) is 19.1. The number of esters is 1. The van der Waals surface area contributed by atoms with Crippen LogP contribution in [0.15, 0.2) is 54.1 Å². The molecule has 6 heteroatoms. The van der Waals surface area contributed by atoms with Crippen LogP contribution in [0.2, 0.25) is 0 Å². The third-order valence-electron chi connectivity index (χ3n) is 3.70. The van der Waals surface area contributed by atoms with Gasteiger partial charge in [0.25, 0.3) is 0 Å². The van der Waals surface area contributed by atoms with Crippen LogP contribution in [0.5, 0.6) is 11.5 Å². The van der Waals surface area contributed by atoms with Gasteiger partial charge < -0.3 is 19.3 Å². The molecule has 0 heterocycles. The quantitative estimate of drug-likeness (QED) is 0.355. The summed E-state index contributed by atoms with van der Waals surface area (Å²) in [7, 11) is 3.08. The van der Waals surface area contributed by atoms with E-state index in [0.29, 0.717) is 22.6 Å². The number of carbonyl (C=O) groups is 2. The SMILES string of the molecule is CCOC(=O)C(C(=O)O)=C(c1ccc(OC)cc1)c1ccc(OC)cc1. The Labute approximate surface area is 151 Å². The maximum Gasteiger partial charge on any atom is 0.346 e. The molecule has 0 spiro atoms. The lowest BCUT2D eigenvalue weighted by Crippen LogP contribution is -2.18. The zero-order chi connectivity index (χ0) is 19.1. The smallest absolute Gasteiger partial charge is 0.346 e. The number of carboxylic acid groups (broad SMARTS) is 1. The lowest BCUT2D eigenvalue weighted by atomic mass is 9.92. The highest BCUT2D eigenvalue weighted by molar-refractivity contribution is 6.21. The van der Waals surface area contributed by atoms with Gasteiger partial charge in [0, 0.05) is 5.57 Å². The molecule has 1 N–H and O–H groups in total. The largest absolute Gasteiger partial charge is 0.497 e. The van der Waals surface area contributed by atoms with E-state index < -0.39 is 17.5 Å². The number of hydrogen-bond donors (Lipinski definition) is 1. The second-order valence-corrected chi connectivity index (χ2v) is 5.23. The Morgan fingerprint density at radius 2 is 1.27 bits per heavy atom. The standard InChI is InChI=1S/C20H20O6/c1-4-26-20(23)18(19(21)22)17(13-5-9-15(24-2)10-6-13)14-7-11-16(25-3)12-8-14/h5-12H,4H2,1-3H3,(H,21,22). The second kappa shape index (κ2) is 8.71. The first-order chi connectivity index (χ1) is 12.5. The highest BCUT2D eigenvalue weighted by Gasteiger charge is 2.26. The number of methoxy groups -OCH3 is 2. The zero-order valence-corrected chi connectivity index (χ0v) is 14.8. The minimum atomic E-state index is -1.36. The highest BCUT2D eigenvalue weighted by atomic mass is 16.5. The van der Waals surface area contributed by atoms with E-state index in [4.69, 9.17) is 14.2 Å². The lowest BCUT2D eigenvalue weighted by molar-refractivity contribution is -0.143. The summed E-state index contributed by atoms with van der Waals surface area (Å²) < 4.78 is 15.2. The third kappa shape index (κ3) is 4.22. The van der Waals surface area contributed by atoms with Crippen LogP contribution in [0.25, 0.3) is 5.57 Å². The normalized spacial score (nSPS) is 9.96. The number of carboxylic acids is 1. The average Bonchev–Trinajstić information content (AvgIpc) is 2.66. The fourth-order valence-electron chi connectivity index (χ4n) is 2.47. The van der Waals surface area contributed by atoms with Gasteiger partial charge in [0.1, 0.15) is 11.5 Å². The Morgan fingerprint density at radius 1 is 0.846 bits per heavy atom. The first-order valence-corrected chi connectivity index (χ1v) is 7.95. The van der Waals surface area contributed by atoms with Crippen LogP contribution in [0.3, 0.4) is 0 Å². The first-order valence-electron chi connectivity index (χ1n) is 7.95. The van der Waals surface area contributed by atoms with Crippen molar-refractivity contribution in [3.63, 3.8) is 0 Å². The average molecular weight is 356 g/mol. The predicted molar refractivity (Wildman–Crippen MR) is 96.3 cm³/mol. The fourth-order valence-corrected chi connectivity index (χ4v) is 2.47. The minimum absolute atomic E-state index is 0.0775. The Bertz CT molecular complexity index is 754. The molecular weight excluding hydrogens is 336 g/mol. The summed E-state index contributed by atoms with van der Waals surface area (Å²) in [6, 6.07) is 13.6. The van der Waals surface area contributed by atoms with E-state index in [2.05, 4.69) is 0 Å². The third-order valence-corrected chi connectivity index (χ3v) is 3.70. The summed E-state index contributed by atoms with van der Waals surface area (Å²) in [5.41, 5.74) is 0.950. The van der Waals surface area contributed by atoms with E-state index in [-0.39, 0.29) is 12.2 Å². The Morgan fingerprint density at radius 3 is 1.58 bits per heavy atom. The van der Waals surface area contributed by atoms with Crippen molar-refractivity contribution in [1.82, 2.24) is 0 Å². The summed E-state index contributed by atoms with van der Waals surface area (Å²) in [4.78, 5) is 24.2. The summed E-state index contributed by atoms with van der Waals surface area (Å²) in [6.07, 6.45) is 0. The van der Waals surface area contributed by atoms with Crippen LogP contribution in [-0.4, -0.2) is 37.9 Å². The maximum atomic E-state index is 12.3. The summed E-state index contributed by atoms with van der Waals surface area (Å²) in [5, 5.41) is 9.66. The molecule has 0 unspecified atom stereocenters. The van der Waals surface area contributed by atoms with E-state index >= 15 is 0 Å². The summed E-state index contributed by atoms with van der Waals surface area (Å²) >= 11 is 0. The molecule has 0 amide bonds. The number of carbonyl (C=O) groups excluding carboxylic acids is 1. The van der Waals surface area contributed by atoms with Gasteiger partial charge in [-0.1, -0.05) is 24.3 Å². The number of ether oxygens (including phenoxy) is 3. The van der Waals surface area contributed by atoms with Crippen LogP contribution in [-0.2, 0) is 14.3 Å². The molecule has 6 nitrogen and oxygen atoms in total. The van der Waals surface area contributed by atoms with Gasteiger partial charge in [-0.3, -0.25) is 0 Å². The van der Waals surface area contributed by atoms with Crippen molar-refractivity contribution in [2.45, 2.75) is 6.92 Å². The van der Waals surface area contributed by atoms with E-state index in [9.17, 15) is 14.7 Å². The van der Waals surface area contributed by atoms with E-state index in [1.54, 1.807) is 55.5 Å². The van der Waals surface area contributed by atoms with Crippen molar-refractivity contribution in [3.8, 4) is 11.5 Å². The molecule has 0 saturated carbocycles. The molecule has 2 aromatic rings. The molecular formula is C20H20O6. The van der Waals surface area contributed by atoms with Crippen molar-refractivity contribution in [1.29, 1.82) is 0 Å². The van der Waals surface area contributed by atoms with E-state index in [0.717, 1.165) is 0 Å². The van der Waals surface area contributed by atoms with Gasteiger partial charge in [-0.25, -0.2) is 9.59 Å². The van der Waals surface area contributed by atoms with Gasteiger partial charge in [-0.15, -0.1) is 0 Å². The van der Waals surface area contributed by atoms with Crippen LogP contribution in [0.1, 0.15) is 18.1 Å². The number of benzene rings is 2. The highest BCUT2D eigenvalue weighted by Crippen LogP contribution is 2.30. The second-order valence-electron chi connectivity index (χ2n) is 5.23. The molecule has 0 aliphatic rings. The van der Waals surface area contributed by atoms with Crippen LogP contribution >= 0.6 is 0 Å². The van der Waals surface area contributed by atoms with Gasteiger partial charge in [0.05, 0.1) is 20.8 Å². The number of hydrogen-bond acceptors (Lipinski definition) is 5. The van der Waals surface area contributed by atoms with Crippen LogP contribution < -0.4 is 9.47 Å². The van der Waals surface area contributed by atoms with Crippen LogP contribution in [0.4, 0.5) is 0 Å². The molecule has 2 rings (SSSR count). The molecule has 0 aliphatic carbocycles. The monoisotopic (exact) mass is 356 g/mol. The van der Waals surface area contributed by atoms with Crippen molar-refractivity contribution >= 4 is 17.5 Å². The summed E-state index contributed by atoms with van der Waals surface area (Å²) in [6.45, 7) is 1.70. The van der Waals surface area contributed by atoms with Crippen molar-refractivity contribution in [3.05, 3.63) is 65.2 Å². The van der Waals surface area contributed by atoms with Gasteiger partial charge >= 0.3 is 11.9 Å². The molecule has 0 bridgehead atoms. The molecule has 0 saturated heterocycles. The van der Waals surface area contributed by atoms with Crippen LogP contribution in [0, 0.1) is 0 Å². The topological polar surface area (TPSA) is 82.1 Å². The zero-order valence-electron chi connectivity index (χ0n) is 14.8. The molecule has 0 atom stereocenters. The van der Waals surface area contributed by atoms with Crippen molar-refractivity contribution in [2.75, 3.05) is 20.8 Å². The summed E-state index contributed by atoms with van der Waals surface area (Å²) in [5.74, 6) is -1.00. The van der Waals surface area contributed by atoms with Gasteiger partial charge in [-0.05, 0) is 42.3 Å². The Hall–Kier alpha value is -3.28. The van der Waals surface area contributed by atoms with Crippen molar-refractivity contribution < 1.29 is 28.9 Å².